The van der Waals surface area contributed by atoms with E-state index in [4.69, 9.17) is 7.85 Å². The highest BCUT2D eigenvalue weighted by atomic mass is 19.4. The third-order valence-electron chi connectivity index (χ3n) is 4.64. The third kappa shape index (κ3) is 5.28. The van der Waals surface area contributed by atoms with Crippen LogP contribution in [0, 0.1) is 6.92 Å². The number of alkyl halides is 3. The maximum atomic E-state index is 12.3. The second-order valence-corrected chi connectivity index (χ2v) is 6.75. The molecule has 1 aliphatic heterocycles. The van der Waals surface area contributed by atoms with E-state index in [9.17, 15) is 18.3 Å². The highest BCUT2D eigenvalue weighted by Gasteiger charge is 2.31. The van der Waals surface area contributed by atoms with E-state index in [1.165, 1.54) is 6.07 Å². The number of hydrogen-bond donors (Lipinski definition) is 2. The van der Waals surface area contributed by atoms with Gasteiger partial charge in [0.2, 0.25) is 5.95 Å². The van der Waals surface area contributed by atoms with Gasteiger partial charge in [-0.15, -0.1) is 23.4 Å². The van der Waals surface area contributed by atoms with E-state index in [-0.39, 0.29) is 11.6 Å². The third-order valence-corrected chi connectivity index (χ3v) is 4.64. The number of nitrogens with zero attached hydrogens (tertiary/aromatic N) is 4. The Labute approximate surface area is 167 Å². The molecular weight excluding hydrogens is 386 g/mol. The van der Waals surface area contributed by atoms with E-state index in [1.807, 2.05) is 0 Å². The largest absolute Gasteiger partial charge is 0.573 e. The quantitative estimate of drug-likeness (QED) is 0.539. The number of aromatic hydroxyl groups is 1. The molecule has 1 aromatic carbocycles. The fourth-order valence-electron chi connectivity index (χ4n) is 3.35. The molecule has 29 heavy (non-hydrogen) atoms. The average molecular weight is 407 g/mol. The summed E-state index contributed by atoms with van der Waals surface area (Å²) in [5, 5.41) is 21.8. The van der Waals surface area contributed by atoms with Crippen LogP contribution in [-0.4, -0.2) is 60.2 Å². The molecule has 154 valence electrons. The maximum absolute atomic E-state index is 12.3. The number of hydrogen-bond acceptors (Lipinski definition) is 7. The molecule has 0 aliphatic carbocycles. The molecule has 2 aromatic rings. The Morgan fingerprint density at radius 1 is 1.34 bits per heavy atom. The van der Waals surface area contributed by atoms with E-state index < -0.39 is 17.9 Å². The zero-order valence-electron chi connectivity index (χ0n) is 15.9. The van der Waals surface area contributed by atoms with Crippen LogP contribution in [-0.2, 0) is 0 Å². The van der Waals surface area contributed by atoms with Crippen LogP contribution in [0.2, 0.25) is 6.32 Å². The standard InChI is InChI=1S/C18H21BF3N5O2/c1-11-16(14-5-4-13(9-15(14)28)29-18(20,21)22)25-26-17(24-11)27-8-2-3-12(27)10-23-7-6-19/h4-5,9,12,23,28H,2-3,6-8,10H2,1H3/t12-/m1/s1. The number of benzene rings is 1. The Kier molecular flexibility index (Phi) is 6.46. The lowest BCUT2D eigenvalue weighted by Gasteiger charge is -2.25. The molecule has 1 saturated heterocycles. The van der Waals surface area contributed by atoms with Gasteiger partial charge in [-0.25, -0.2) is 4.98 Å². The van der Waals surface area contributed by atoms with Crippen LogP contribution in [0.15, 0.2) is 18.2 Å². The lowest BCUT2D eigenvalue weighted by molar-refractivity contribution is -0.274. The smallest absolute Gasteiger partial charge is 0.507 e. The Bertz CT molecular complexity index is 853. The molecule has 0 unspecified atom stereocenters. The summed E-state index contributed by atoms with van der Waals surface area (Å²) in [5.41, 5.74) is 1.03. The average Bonchev–Trinajstić information content (AvgIpc) is 3.10. The van der Waals surface area contributed by atoms with Gasteiger partial charge in [0, 0.05) is 30.8 Å². The fraction of sp³-hybridized carbons (Fsp3) is 0.500. The molecule has 3 rings (SSSR count). The summed E-state index contributed by atoms with van der Waals surface area (Å²) >= 11 is 0. The van der Waals surface area contributed by atoms with Crippen LogP contribution in [0.25, 0.3) is 11.3 Å². The number of aromatic nitrogens is 3. The molecule has 0 spiro atoms. The van der Waals surface area contributed by atoms with Crippen molar-refractivity contribution in [1.29, 1.82) is 0 Å². The number of ether oxygens (including phenoxy) is 1. The number of anilines is 1. The molecule has 2 heterocycles. The molecule has 2 N–H and O–H groups in total. The van der Waals surface area contributed by atoms with Crippen LogP contribution >= 0.6 is 0 Å². The molecule has 1 fully saturated rings. The highest BCUT2D eigenvalue weighted by Crippen LogP contribution is 2.34. The monoisotopic (exact) mass is 407 g/mol. The lowest BCUT2D eigenvalue weighted by Crippen LogP contribution is -2.39. The highest BCUT2D eigenvalue weighted by molar-refractivity contribution is 6.08. The molecule has 0 amide bonds. The molecule has 0 saturated carbocycles. The lowest BCUT2D eigenvalue weighted by atomic mass is 10.1. The second kappa shape index (κ2) is 8.85. The molecule has 1 aliphatic rings. The minimum absolute atomic E-state index is 0.228. The topological polar surface area (TPSA) is 83.4 Å². The minimum atomic E-state index is -4.84. The number of nitrogens with one attached hydrogen (secondary N) is 1. The maximum Gasteiger partial charge on any atom is 0.573 e. The minimum Gasteiger partial charge on any atom is -0.507 e. The van der Waals surface area contributed by atoms with Gasteiger partial charge in [-0.2, -0.15) is 0 Å². The molecule has 11 heteroatoms. The van der Waals surface area contributed by atoms with Crippen LogP contribution in [0.3, 0.4) is 0 Å². The molecule has 1 atom stereocenters. The SMILES string of the molecule is [B]CCNC[C@H]1CCCN1c1nnc(-c2ccc(OC(F)(F)F)cc2O)c(C)n1. The van der Waals surface area contributed by atoms with Gasteiger partial charge in [0.05, 0.1) is 13.5 Å². The van der Waals surface area contributed by atoms with Gasteiger partial charge in [0.15, 0.2) is 0 Å². The van der Waals surface area contributed by atoms with Gasteiger partial charge in [0.1, 0.15) is 17.2 Å². The Hall–Kier alpha value is -2.56. The number of phenolic OH excluding ortho intramolecular Hbond substituents is 1. The zero-order valence-corrected chi connectivity index (χ0v) is 15.9. The summed E-state index contributed by atoms with van der Waals surface area (Å²) in [4.78, 5) is 6.59. The van der Waals surface area contributed by atoms with Crippen molar-refractivity contribution in [2.45, 2.75) is 38.5 Å². The van der Waals surface area contributed by atoms with Crippen molar-refractivity contribution in [3.8, 4) is 22.8 Å². The number of halogens is 3. The first-order valence-electron chi connectivity index (χ1n) is 9.26. The van der Waals surface area contributed by atoms with Gasteiger partial charge < -0.3 is 20.1 Å². The first kappa shape index (κ1) is 21.2. The van der Waals surface area contributed by atoms with Gasteiger partial charge >= 0.3 is 6.36 Å². The van der Waals surface area contributed by atoms with Gasteiger partial charge in [0.25, 0.3) is 0 Å². The summed E-state index contributed by atoms with van der Waals surface area (Å²) in [6, 6.07) is 3.53. The van der Waals surface area contributed by atoms with E-state index in [1.54, 1.807) is 6.92 Å². The van der Waals surface area contributed by atoms with Crippen LogP contribution in [0.1, 0.15) is 18.5 Å². The van der Waals surface area contributed by atoms with Crippen molar-refractivity contribution in [1.82, 2.24) is 20.5 Å². The van der Waals surface area contributed by atoms with Crippen molar-refractivity contribution in [3.05, 3.63) is 23.9 Å². The molecule has 2 radical (unpaired) electrons. The number of rotatable bonds is 7. The van der Waals surface area contributed by atoms with E-state index in [0.29, 0.717) is 23.7 Å². The Morgan fingerprint density at radius 3 is 2.79 bits per heavy atom. The van der Waals surface area contributed by atoms with Crippen molar-refractivity contribution >= 4 is 13.8 Å². The van der Waals surface area contributed by atoms with E-state index in [0.717, 1.165) is 44.6 Å². The number of phenols is 1. The summed E-state index contributed by atoms with van der Waals surface area (Å²) in [5.74, 6) is -0.428. The van der Waals surface area contributed by atoms with Gasteiger partial charge in [-0.1, -0.05) is 6.32 Å². The normalized spacial score (nSPS) is 17.0. The van der Waals surface area contributed by atoms with Crippen molar-refractivity contribution in [3.63, 3.8) is 0 Å². The zero-order chi connectivity index (χ0) is 21.0. The first-order valence-corrected chi connectivity index (χ1v) is 9.26. The van der Waals surface area contributed by atoms with Crippen molar-refractivity contribution in [2.24, 2.45) is 0 Å². The van der Waals surface area contributed by atoms with Crippen LogP contribution in [0.5, 0.6) is 11.5 Å². The van der Waals surface area contributed by atoms with E-state index >= 15 is 0 Å². The summed E-state index contributed by atoms with van der Waals surface area (Å²) in [7, 11) is 5.51. The van der Waals surface area contributed by atoms with Crippen LogP contribution in [0.4, 0.5) is 19.1 Å². The van der Waals surface area contributed by atoms with Crippen LogP contribution < -0.4 is 15.0 Å². The molecule has 0 bridgehead atoms. The molecule has 7 nitrogen and oxygen atoms in total. The predicted molar refractivity (Wildman–Crippen MR) is 102 cm³/mol. The number of aryl methyl sites for hydroxylation is 1. The van der Waals surface area contributed by atoms with Crippen molar-refractivity contribution < 1.29 is 23.0 Å². The second-order valence-electron chi connectivity index (χ2n) is 6.75. The van der Waals surface area contributed by atoms with E-state index in [2.05, 4.69) is 30.1 Å². The predicted octanol–water partition coefficient (Wildman–Crippen LogP) is 2.60. The summed E-state index contributed by atoms with van der Waals surface area (Å²) in [6.07, 6.45) is -2.25. The van der Waals surface area contributed by atoms with Gasteiger partial charge in [-0.05, 0) is 38.4 Å². The first-order chi connectivity index (χ1) is 13.8. The van der Waals surface area contributed by atoms with Gasteiger partial charge in [-0.3, -0.25) is 0 Å². The Morgan fingerprint density at radius 2 is 2.14 bits per heavy atom. The summed E-state index contributed by atoms with van der Waals surface area (Å²) < 4.78 is 40.8. The fourth-order valence-corrected chi connectivity index (χ4v) is 3.35. The van der Waals surface area contributed by atoms with Crippen molar-refractivity contribution in [2.75, 3.05) is 24.5 Å². The molecule has 1 aromatic heterocycles. The summed E-state index contributed by atoms with van der Waals surface area (Å²) in [6.45, 7) is 4.02. The molecular formula is C18H21BF3N5O2. The Balaban J connectivity index is 1.79.